The molecule has 1 atom stereocenters. The van der Waals surface area contributed by atoms with E-state index in [2.05, 4.69) is 25.0 Å². The number of imidazole rings is 1. The normalized spacial score (nSPS) is 13.1. The van der Waals surface area contributed by atoms with E-state index in [0.717, 1.165) is 18.7 Å². The second kappa shape index (κ2) is 5.74. The van der Waals surface area contributed by atoms with Crippen LogP contribution in [0.15, 0.2) is 17.0 Å². The third kappa shape index (κ3) is 3.38. The van der Waals surface area contributed by atoms with Crippen LogP contribution in [0.5, 0.6) is 0 Å². The predicted octanol–water partition coefficient (Wildman–Crippen LogP) is 0.139. The molecule has 7 nitrogen and oxygen atoms in total. The molecular formula is C11H18N6O. The molecule has 2 aromatic rings. The van der Waals surface area contributed by atoms with Gasteiger partial charge in [0.2, 0.25) is 5.89 Å². The van der Waals surface area contributed by atoms with Crippen molar-refractivity contribution in [2.75, 3.05) is 20.6 Å². The fourth-order valence-corrected chi connectivity index (χ4v) is 1.56. The largest absolute Gasteiger partial charge is 0.348 e. The van der Waals surface area contributed by atoms with E-state index in [-0.39, 0.29) is 6.04 Å². The Balaban J connectivity index is 1.92. The lowest BCUT2D eigenvalue weighted by molar-refractivity contribution is 0.346. The minimum Gasteiger partial charge on any atom is -0.348 e. The Morgan fingerprint density at radius 3 is 3.00 bits per heavy atom. The van der Waals surface area contributed by atoms with Gasteiger partial charge in [-0.05, 0) is 14.1 Å². The van der Waals surface area contributed by atoms with E-state index in [1.165, 1.54) is 0 Å². The average Bonchev–Trinajstić information content (AvgIpc) is 2.96. The summed E-state index contributed by atoms with van der Waals surface area (Å²) in [5.74, 6) is 1.16. The van der Waals surface area contributed by atoms with Crippen LogP contribution >= 0.6 is 0 Å². The summed E-state index contributed by atoms with van der Waals surface area (Å²) in [5, 5.41) is 3.92. The minimum absolute atomic E-state index is 0.300. The molecule has 0 aliphatic heterocycles. The highest BCUT2D eigenvalue weighted by Gasteiger charge is 2.15. The third-order valence-electron chi connectivity index (χ3n) is 2.58. The van der Waals surface area contributed by atoms with E-state index in [9.17, 15) is 0 Å². The minimum atomic E-state index is -0.300. The fraction of sp³-hybridized carbons (Fsp3) is 0.545. The molecule has 0 aliphatic carbocycles. The number of likely N-dealkylation sites (N-methyl/N-ethyl adjacent to an activating group) is 1. The molecule has 2 aromatic heterocycles. The first-order valence-corrected chi connectivity index (χ1v) is 5.85. The van der Waals surface area contributed by atoms with Gasteiger partial charge in [0.15, 0.2) is 5.82 Å². The molecule has 0 amide bonds. The summed E-state index contributed by atoms with van der Waals surface area (Å²) < 4.78 is 5.17. The average molecular weight is 250 g/mol. The maximum atomic E-state index is 6.00. The van der Waals surface area contributed by atoms with Gasteiger partial charge >= 0.3 is 0 Å². The first-order valence-electron chi connectivity index (χ1n) is 5.85. The Morgan fingerprint density at radius 1 is 1.50 bits per heavy atom. The number of rotatable bonds is 6. The second-order valence-corrected chi connectivity index (χ2v) is 4.49. The molecule has 0 radical (unpaired) electrons. The molecular weight excluding hydrogens is 232 g/mol. The number of aromatic nitrogens is 4. The van der Waals surface area contributed by atoms with Gasteiger partial charge in [-0.15, -0.1) is 0 Å². The van der Waals surface area contributed by atoms with Crippen LogP contribution < -0.4 is 5.73 Å². The van der Waals surface area contributed by atoms with Crippen molar-refractivity contribution in [3.63, 3.8) is 0 Å². The molecule has 0 saturated carbocycles. The zero-order valence-corrected chi connectivity index (χ0v) is 10.6. The van der Waals surface area contributed by atoms with Crippen LogP contribution in [0.2, 0.25) is 0 Å². The lowest BCUT2D eigenvalue weighted by Crippen LogP contribution is -2.16. The van der Waals surface area contributed by atoms with Gasteiger partial charge in [-0.25, -0.2) is 4.98 Å². The van der Waals surface area contributed by atoms with Crippen molar-refractivity contribution in [3.8, 4) is 0 Å². The summed E-state index contributed by atoms with van der Waals surface area (Å²) in [5.41, 5.74) is 6.96. The molecule has 2 rings (SSSR count). The zero-order valence-electron chi connectivity index (χ0n) is 10.6. The number of nitrogens with two attached hydrogens (primary N) is 1. The van der Waals surface area contributed by atoms with Gasteiger partial charge in [0, 0.05) is 31.3 Å². The molecule has 0 aliphatic rings. The number of H-pyrrole nitrogens is 1. The Hall–Kier alpha value is -1.73. The molecule has 0 spiro atoms. The Kier molecular flexibility index (Phi) is 4.06. The van der Waals surface area contributed by atoms with Crippen LogP contribution in [0.4, 0.5) is 0 Å². The van der Waals surface area contributed by atoms with Gasteiger partial charge < -0.3 is 20.1 Å². The van der Waals surface area contributed by atoms with Crippen LogP contribution in [-0.4, -0.2) is 45.6 Å². The van der Waals surface area contributed by atoms with E-state index >= 15 is 0 Å². The number of aromatic amines is 1. The molecule has 98 valence electrons. The van der Waals surface area contributed by atoms with Gasteiger partial charge in [0.25, 0.3) is 0 Å². The van der Waals surface area contributed by atoms with E-state index in [1.807, 2.05) is 14.1 Å². The third-order valence-corrected chi connectivity index (χ3v) is 2.58. The highest BCUT2D eigenvalue weighted by Crippen LogP contribution is 2.12. The van der Waals surface area contributed by atoms with Crippen molar-refractivity contribution < 1.29 is 4.52 Å². The lowest BCUT2D eigenvalue weighted by atomic mass is 10.2. The molecule has 2 heterocycles. The topological polar surface area (TPSA) is 96.9 Å². The maximum Gasteiger partial charge on any atom is 0.243 e. The standard InChI is InChI=1S/C11H18N6O/c1-17(2)4-3-10-15-11(18-16-10)9(12)5-8-6-13-7-14-8/h6-7,9H,3-5,12H2,1-2H3,(H,13,14)/t9-/m0/s1. The summed E-state index contributed by atoms with van der Waals surface area (Å²) in [7, 11) is 4.01. The highest BCUT2D eigenvalue weighted by molar-refractivity contribution is 5.02. The van der Waals surface area contributed by atoms with Gasteiger partial charge in [-0.2, -0.15) is 4.98 Å². The van der Waals surface area contributed by atoms with Crippen LogP contribution in [-0.2, 0) is 12.8 Å². The SMILES string of the molecule is CN(C)CCc1noc([C@@H](N)Cc2cnc[nH]2)n1. The van der Waals surface area contributed by atoms with Gasteiger partial charge in [0.1, 0.15) is 0 Å². The van der Waals surface area contributed by atoms with Gasteiger partial charge in [-0.3, -0.25) is 0 Å². The van der Waals surface area contributed by atoms with Crippen LogP contribution in [0.1, 0.15) is 23.5 Å². The molecule has 18 heavy (non-hydrogen) atoms. The molecule has 0 bridgehead atoms. The highest BCUT2D eigenvalue weighted by atomic mass is 16.5. The monoisotopic (exact) mass is 250 g/mol. The Bertz CT molecular complexity index is 464. The van der Waals surface area contributed by atoms with Crippen LogP contribution in [0, 0.1) is 0 Å². The Morgan fingerprint density at radius 2 is 2.33 bits per heavy atom. The van der Waals surface area contributed by atoms with Crippen molar-refractivity contribution in [2.24, 2.45) is 5.73 Å². The van der Waals surface area contributed by atoms with Crippen molar-refractivity contribution in [3.05, 3.63) is 29.9 Å². The quantitative estimate of drug-likeness (QED) is 0.757. The number of hydrogen-bond donors (Lipinski definition) is 2. The predicted molar refractivity (Wildman–Crippen MR) is 65.8 cm³/mol. The number of nitrogens with one attached hydrogen (secondary N) is 1. The van der Waals surface area contributed by atoms with Crippen LogP contribution in [0.25, 0.3) is 0 Å². The molecule has 3 N–H and O–H groups in total. The first kappa shape index (κ1) is 12.7. The van der Waals surface area contributed by atoms with Crippen molar-refractivity contribution in [1.82, 2.24) is 25.0 Å². The summed E-state index contributed by atoms with van der Waals surface area (Å²) >= 11 is 0. The maximum absolute atomic E-state index is 6.00. The number of nitrogens with zero attached hydrogens (tertiary/aromatic N) is 4. The molecule has 0 unspecified atom stereocenters. The van der Waals surface area contributed by atoms with Crippen molar-refractivity contribution in [2.45, 2.75) is 18.9 Å². The molecule has 0 fully saturated rings. The van der Waals surface area contributed by atoms with E-state index < -0.39 is 0 Å². The van der Waals surface area contributed by atoms with Crippen molar-refractivity contribution >= 4 is 0 Å². The summed E-state index contributed by atoms with van der Waals surface area (Å²) in [6.07, 6.45) is 4.73. The Labute approximate surface area is 105 Å². The van der Waals surface area contributed by atoms with E-state index in [1.54, 1.807) is 12.5 Å². The second-order valence-electron chi connectivity index (χ2n) is 4.49. The molecule has 7 heteroatoms. The lowest BCUT2D eigenvalue weighted by Gasteiger charge is -2.05. The number of hydrogen-bond acceptors (Lipinski definition) is 6. The summed E-state index contributed by atoms with van der Waals surface area (Å²) in [6, 6.07) is -0.300. The summed E-state index contributed by atoms with van der Waals surface area (Å²) in [6.45, 7) is 0.884. The first-order chi connectivity index (χ1) is 8.65. The van der Waals surface area contributed by atoms with E-state index in [0.29, 0.717) is 18.1 Å². The van der Waals surface area contributed by atoms with Crippen molar-refractivity contribution in [1.29, 1.82) is 0 Å². The molecule has 0 aromatic carbocycles. The van der Waals surface area contributed by atoms with Crippen LogP contribution in [0.3, 0.4) is 0 Å². The van der Waals surface area contributed by atoms with Gasteiger partial charge in [-0.1, -0.05) is 5.16 Å². The fourth-order valence-electron chi connectivity index (χ4n) is 1.56. The summed E-state index contributed by atoms with van der Waals surface area (Å²) in [4.78, 5) is 13.3. The van der Waals surface area contributed by atoms with E-state index in [4.69, 9.17) is 10.3 Å². The zero-order chi connectivity index (χ0) is 13.0. The smallest absolute Gasteiger partial charge is 0.243 e. The van der Waals surface area contributed by atoms with Gasteiger partial charge in [0.05, 0.1) is 12.4 Å². The molecule has 0 saturated heterocycles.